The zero-order chi connectivity index (χ0) is 27.5. The number of nitrogens with one attached hydrogen (secondary N) is 1. The van der Waals surface area contributed by atoms with Crippen LogP contribution in [0.25, 0.3) is 0 Å². The Morgan fingerprint density at radius 2 is 1.82 bits per heavy atom. The molecule has 0 fully saturated rings. The van der Waals surface area contributed by atoms with Crippen molar-refractivity contribution in [2.75, 3.05) is 6.54 Å². The van der Waals surface area contributed by atoms with Crippen molar-refractivity contribution in [1.82, 2.24) is 15.5 Å². The van der Waals surface area contributed by atoms with E-state index >= 15 is 0 Å². The lowest BCUT2D eigenvalue weighted by Crippen LogP contribution is -2.41. The summed E-state index contributed by atoms with van der Waals surface area (Å²) in [4.78, 5) is 29.9. The van der Waals surface area contributed by atoms with Gasteiger partial charge in [0.05, 0.1) is 12.5 Å². The Labute approximate surface area is 243 Å². The van der Waals surface area contributed by atoms with Gasteiger partial charge in [0.2, 0.25) is 17.5 Å². The molecule has 2 aromatic heterocycles. The van der Waals surface area contributed by atoms with Crippen molar-refractivity contribution in [3.05, 3.63) is 99.8 Å². The van der Waals surface area contributed by atoms with E-state index in [0.29, 0.717) is 38.1 Å². The topological polar surface area (TPSA) is 130 Å². The van der Waals surface area contributed by atoms with Crippen molar-refractivity contribution in [3.8, 4) is 5.75 Å². The number of ether oxygens (including phenoxy) is 2. The molecule has 0 spiro atoms. The van der Waals surface area contributed by atoms with Crippen LogP contribution in [0.15, 0.2) is 75.9 Å². The average molecular weight is 585 g/mol. The molecular weight excluding hydrogens is 552 g/mol. The number of aromatic nitrogens is 2. The number of hydrogen-bond acceptors (Lipinski definition) is 9. The van der Waals surface area contributed by atoms with E-state index in [9.17, 15) is 9.59 Å². The number of carbonyl (C=O) groups is 2. The van der Waals surface area contributed by atoms with Crippen LogP contribution in [0.4, 0.5) is 4.79 Å². The number of nitrogens with zero attached hydrogens (tertiary/aromatic N) is 2. The van der Waals surface area contributed by atoms with Crippen LogP contribution >= 0.6 is 23.7 Å². The predicted octanol–water partition coefficient (Wildman–Crippen LogP) is 5.89. The maximum absolute atomic E-state index is 13.2. The average Bonchev–Trinajstić information content (AvgIpc) is 3.66. The second-order valence-electron chi connectivity index (χ2n) is 9.06. The molecule has 2 unspecified atom stereocenters. The van der Waals surface area contributed by atoms with Crippen molar-refractivity contribution in [3.63, 3.8) is 0 Å². The zero-order valence-corrected chi connectivity index (χ0v) is 23.8. The summed E-state index contributed by atoms with van der Waals surface area (Å²) in [6.07, 6.45) is 1.36. The first kappa shape index (κ1) is 30.8. The van der Waals surface area contributed by atoms with Gasteiger partial charge in [0.1, 0.15) is 18.5 Å². The van der Waals surface area contributed by atoms with E-state index in [1.54, 1.807) is 11.3 Å². The number of rotatable bonds is 14. The third-order valence-electron chi connectivity index (χ3n) is 6.06. The van der Waals surface area contributed by atoms with Crippen LogP contribution in [-0.2, 0) is 17.8 Å². The number of thiophene rings is 1. The van der Waals surface area contributed by atoms with Crippen LogP contribution in [0.3, 0.4) is 0 Å². The number of nitrogens with two attached hydrogens (primary N) is 1. The molecule has 0 saturated heterocycles. The van der Waals surface area contributed by atoms with Gasteiger partial charge in [0, 0.05) is 5.56 Å². The summed E-state index contributed by atoms with van der Waals surface area (Å²) in [5.74, 6) is 0.524. The van der Waals surface area contributed by atoms with Gasteiger partial charge >= 0.3 is 6.09 Å². The summed E-state index contributed by atoms with van der Waals surface area (Å²) < 4.78 is 16.6. The molecule has 2 atom stereocenters. The highest BCUT2D eigenvalue weighted by Gasteiger charge is 2.27. The largest absolute Gasteiger partial charge is 0.486 e. The fraction of sp³-hybridized carbons (Fsp3) is 0.310. The maximum Gasteiger partial charge on any atom is 0.408 e. The number of amides is 1. The molecule has 2 heterocycles. The lowest BCUT2D eigenvalue weighted by molar-refractivity contribution is 0.0896. The molecule has 0 aliphatic carbocycles. The molecule has 4 rings (SSSR count). The van der Waals surface area contributed by atoms with Gasteiger partial charge in [-0.2, -0.15) is 16.3 Å². The van der Waals surface area contributed by atoms with Crippen LogP contribution in [-0.4, -0.2) is 34.6 Å². The van der Waals surface area contributed by atoms with Crippen LogP contribution < -0.4 is 15.8 Å². The van der Waals surface area contributed by atoms with E-state index < -0.39 is 17.9 Å². The minimum atomic E-state index is -0.855. The quantitative estimate of drug-likeness (QED) is 0.139. The van der Waals surface area contributed by atoms with Gasteiger partial charge in [-0.3, -0.25) is 4.79 Å². The van der Waals surface area contributed by atoms with Crippen molar-refractivity contribution in [2.45, 2.75) is 51.4 Å². The predicted molar refractivity (Wildman–Crippen MR) is 155 cm³/mol. The summed E-state index contributed by atoms with van der Waals surface area (Å²) >= 11 is 1.64. The molecule has 4 aromatic rings. The van der Waals surface area contributed by atoms with Gasteiger partial charge in [-0.1, -0.05) is 47.6 Å². The molecule has 0 aliphatic heterocycles. The van der Waals surface area contributed by atoms with E-state index in [-0.39, 0.29) is 30.9 Å². The highest BCUT2D eigenvalue weighted by molar-refractivity contribution is 7.07. The third kappa shape index (κ3) is 9.18. The number of benzene rings is 2. The molecule has 40 heavy (non-hydrogen) atoms. The molecule has 0 saturated carbocycles. The molecule has 11 heteroatoms. The Kier molecular flexibility index (Phi) is 12.1. The number of carbonyl (C=O) groups excluding carboxylic acids is 2. The molecule has 0 bridgehead atoms. The van der Waals surface area contributed by atoms with E-state index in [0.717, 1.165) is 22.4 Å². The molecule has 2 aromatic carbocycles. The van der Waals surface area contributed by atoms with Crippen molar-refractivity contribution >= 4 is 35.6 Å². The Morgan fingerprint density at radius 3 is 2.52 bits per heavy atom. The first-order valence-electron chi connectivity index (χ1n) is 12.8. The molecule has 0 radical (unpaired) electrons. The van der Waals surface area contributed by atoms with Gasteiger partial charge < -0.3 is 25.0 Å². The SMILES string of the molecule is CC(Oc1ccc(Cc2nc(C(=O)C(CCCCN)NC(=O)OCc3ccccc3)no2)cc1)c1ccsc1.Cl. The van der Waals surface area contributed by atoms with E-state index in [4.69, 9.17) is 19.7 Å². The Bertz CT molecular complexity index is 1320. The molecule has 0 aliphatic rings. The van der Waals surface area contributed by atoms with Crippen LogP contribution in [0, 0.1) is 0 Å². The number of ketones is 1. The lowest BCUT2D eigenvalue weighted by Gasteiger charge is -2.16. The fourth-order valence-electron chi connectivity index (χ4n) is 3.89. The minimum Gasteiger partial charge on any atom is -0.486 e. The maximum atomic E-state index is 13.2. The summed E-state index contributed by atoms with van der Waals surface area (Å²) in [5.41, 5.74) is 8.51. The summed E-state index contributed by atoms with van der Waals surface area (Å²) in [6.45, 7) is 2.59. The number of Topliss-reactive ketones (excluding diaryl/α,β-unsaturated/α-hetero) is 1. The van der Waals surface area contributed by atoms with E-state index in [1.165, 1.54) is 0 Å². The van der Waals surface area contributed by atoms with Crippen LogP contribution in [0.1, 0.15) is 65.5 Å². The highest BCUT2D eigenvalue weighted by atomic mass is 35.5. The summed E-state index contributed by atoms with van der Waals surface area (Å²) in [5, 5.41) is 10.6. The Morgan fingerprint density at radius 1 is 1.05 bits per heavy atom. The molecule has 9 nitrogen and oxygen atoms in total. The second kappa shape index (κ2) is 15.8. The number of alkyl carbamates (subject to hydrolysis) is 1. The number of halogens is 1. The number of unbranched alkanes of at least 4 members (excludes halogenated alkanes) is 1. The lowest BCUT2D eigenvalue weighted by atomic mass is 10.0. The Hall–Kier alpha value is -3.73. The van der Waals surface area contributed by atoms with Crippen molar-refractivity contribution < 1.29 is 23.6 Å². The Balaban J connectivity index is 0.00000441. The molecule has 3 N–H and O–H groups in total. The van der Waals surface area contributed by atoms with Gasteiger partial charge in [-0.25, -0.2) is 4.79 Å². The molecular formula is C29H33ClN4O5S. The number of hydrogen-bond donors (Lipinski definition) is 2. The summed E-state index contributed by atoms with van der Waals surface area (Å²) in [7, 11) is 0. The third-order valence-corrected chi connectivity index (χ3v) is 6.76. The molecule has 1 amide bonds. The zero-order valence-electron chi connectivity index (χ0n) is 22.2. The normalized spacial score (nSPS) is 12.2. The highest BCUT2D eigenvalue weighted by Crippen LogP contribution is 2.24. The van der Waals surface area contributed by atoms with Crippen LogP contribution in [0.2, 0.25) is 0 Å². The summed E-state index contributed by atoms with van der Waals surface area (Å²) in [6, 6.07) is 18.1. The van der Waals surface area contributed by atoms with E-state index in [2.05, 4.69) is 20.8 Å². The van der Waals surface area contributed by atoms with Gasteiger partial charge in [0.15, 0.2) is 0 Å². The van der Waals surface area contributed by atoms with Gasteiger partial charge in [0.25, 0.3) is 0 Å². The van der Waals surface area contributed by atoms with Gasteiger partial charge in [-0.15, -0.1) is 12.4 Å². The van der Waals surface area contributed by atoms with Crippen molar-refractivity contribution in [2.24, 2.45) is 5.73 Å². The fourth-order valence-corrected chi connectivity index (χ4v) is 4.63. The van der Waals surface area contributed by atoms with E-state index in [1.807, 2.05) is 73.0 Å². The van der Waals surface area contributed by atoms with Crippen LogP contribution in [0.5, 0.6) is 5.75 Å². The van der Waals surface area contributed by atoms with Gasteiger partial charge in [-0.05, 0) is 72.8 Å². The monoisotopic (exact) mass is 584 g/mol. The second-order valence-corrected chi connectivity index (χ2v) is 9.84. The first-order valence-corrected chi connectivity index (χ1v) is 13.8. The minimum absolute atomic E-state index is 0. The first-order chi connectivity index (χ1) is 19.0. The van der Waals surface area contributed by atoms with Crippen molar-refractivity contribution in [1.29, 1.82) is 0 Å². The standard InChI is InChI=1S/C29H32N4O5S.ClH/c1-20(23-14-16-39-19-23)37-24-12-10-21(11-13-24)17-26-32-28(33-38-26)27(34)25(9-5-6-15-30)31-29(35)36-18-22-7-3-2-4-8-22;/h2-4,7-8,10-14,16,19-20,25H,5-6,9,15,17-18,30H2,1H3,(H,31,35);1H. The smallest absolute Gasteiger partial charge is 0.408 e. The molecule has 212 valence electrons.